The van der Waals surface area contributed by atoms with Crippen LogP contribution in [0, 0.1) is 5.92 Å². The van der Waals surface area contributed by atoms with Crippen molar-refractivity contribution in [3.8, 4) is 5.75 Å². The third-order valence-electron chi connectivity index (χ3n) is 6.82. The molecule has 3 unspecified atom stereocenters. The maximum atomic E-state index is 13.6. The second kappa shape index (κ2) is 8.62. The summed E-state index contributed by atoms with van der Waals surface area (Å²) in [5.41, 5.74) is 2.45. The van der Waals surface area contributed by atoms with Crippen LogP contribution in [0.15, 0.2) is 59.9 Å². The molecule has 0 radical (unpaired) electrons. The average Bonchev–Trinajstić information content (AvgIpc) is 3.10. The number of Topliss-reactive ketones (excluding diaryl/α,β-unsaturated/α-hetero) is 1. The molecule has 5 rings (SSSR count). The second-order valence-electron chi connectivity index (χ2n) is 8.71. The molecule has 2 aromatic rings. The zero-order chi connectivity index (χ0) is 22.2. The van der Waals surface area contributed by atoms with Crippen LogP contribution >= 0.6 is 11.6 Å². The first-order chi connectivity index (χ1) is 15.6. The van der Waals surface area contributed by atoms with E-state index in [0.717, 1.165) is 42.6 Å². The van der Waals surface area contributed by atoms with Crippen LogP contribution in [0.1, 0.15) is 42.9 Å². The lowest BCUT2D eigenvalue weighted by Gasteiger charge is -2.35. The number of hydrogen-bond acceptors (Lipinski definition) is 4. The fourth-order valence-corrected chi connectivity index (χ4v) is 5.39. The molecule has 3 atom stereocenters. The van der Waals surface area contributed by atoms with Gasteiger partial charge in [-0.25, -0.2) is 0 Å². The third-order valence-corrected chi connectivity index (χ3v) is 7.06. The summed E-state index contributed by atoms with van der Waals surface area (Å²) in [6.07, 6.45) is 4.19. The highest BCUT2D eigenvalue weighted by Crippen LogP contribution is 2.47. The molecule has 1 aliphatic carbocycles. The lowest BCUT2D eigenvalue weighted by atomic mass is 9.77. The molecule has 32 heavy (non-hydrogen) atoms. The van der Waals surface area contributed by atoms with Crippen molar-refractivity contribution in [1.82, 2.24) is 4.90 Å². The number of methoxy groups -OCH3 is 1. The monoisotopic (exact) mass is 451 g/mol. The SMILES string of the molecule is COc1ccc(CCN2C(=O)C3=C(C(=O)C4CCCCC4O3)C2c2cccc(Cl)c2)cc1. The number of rotatable bonds is 5. The minimum absolute atomic E-state index is 0.0706. The Morgan fingerprint density at radius 3 is 2.62 bits per heavy atom. The number of halogens is 1. The minimum atomic E-state index is -0.468. The Morgan fingerprint density at radius 1 is 1.09 bits per heavy atom. The lowest BCUT2D eigenvalue weighted by Crippen LogP contribution is -2.39. The van der Waals surface area contributed by atoms with Gasteiger partial charge in [-0.2, -0.15) is 0 Å². The molecular weight excluding hydrogens is 426 g/mol. The van der Waals surface area contributed by atoms with E-state index in [1.807, 2.05) is 42.5 Å². The fourth-order valence-electron chi connectivity index (χ4n) is 5.19. The number of benzene rings is 2. The summed E-state index contributed by atoms with van der Waals surface area (Å²) in [5.74, 6) is 0.759. The van der Waals surface area contributed by atoms with Gasteiger partial charge in [-0.05, 0) is 61.1 Å². The molecule has 2 heterocycles. The van der Waals surface area contributed by atoms with E-state index in [0.29, 0.717) is 23.6 Å². The molecule has 1 fully saturated rings. The standard InChI is InChI=1S/C26H26ClNO4/c1-31-19-11-9-16(10-12-19)13-14-28-23(17-5-4-6-18(27)15-17)22-24(29)20-7-2-3-8-21(20)32-25(22)26(28)30/h4-6,9-12,15,20-21,23H,2-3,7-8,13-14H2,1H3. The lowest BCUT2D eigenvalue weighted by molar-refractivity contribution is -0.135. The quantitative estimate of drug-likeness (QED) is 0.649. The molecule has 5 nitrogen and oxygen atoms in total. The number of ketones is 1. The summed E-state index contributed by atoms with van der Waals surface area (Å²) in [7, 11) is 1.64. The normalized spacial score (nSPS) is 24.8. The molecule has 0 N–H and O–H groups in total. The van der Waals surface area contributed by atoms with Crippen LogP contribution in [-0.2, 0) is 20.7 Å². The van der Waals surface area contributed by atoms with Gasteiger partial charge in [-0.15, -0.1) is 0 Å². The Bertz CT molecular complexity index is 1080. The molecule has 0 spiro atoms. The van der Waals surface area contributed by atoms with Crippen molar-refractivity contribution in [3.05, 3.63) is 76.0 Å². The van der Waals surface area contributed by atoms with Gasteiger partial charge in [0.25, 0.3) is 5.91 Å². The molecule has 3 aliphatic rings. The number of ether oxygens (including phenoxy) is 2. The summed E-state index contributed by atoms with van der Waals surface area (Å²) in [6.45, 7) is 0.474. The van der Waals surface area contributed by atoms with E-state index in [1.165, 1.54) is 0 Å². The molecule has 0 bridgehead atoms. The first kappa shape index (κ1) is 21.1. The number of amides is 1. The number of carbonyl (C=O) groups excluding carboxylic acids is 2. The van der Waals surface area contributed by atoms with Gasteiger partial charge in [0.15, 0.2) is 11.5 Å². The zero-order valence-electron chi connectivity index (χ0n) is 18.1. The molecule has 166 valence electrons. The Balaban J connectivity index is 1.48. The molecule has 6 heteroatoms. The van der Waals surface area contributed by atoms with Gasteiger partial charge >= 0.3 is 0 Å². The van der Waals surface area contributed by atoms with Crippen molar-refractivity contribution in [3.63, 3.8) is 0 Å². The van der Waals surface area contributed by atoms with Gasteiger partial charge in [-0.1, -0.05) is 42.3 Å². The number of hydrogen-bond donors (Lipinski definition) is 0. The Morgan fingerprint density at radius 2 is 1.88 bits per heavy atom. The van der Waals surface area contributed by atoms with E-state index in [1.54, 1.807) is 18.1 Å². The minimum Gasteiger partial charge on any atom is -0.497 e. The van der Waals surface area contributed by atoms with Crippen molar-refractivity contribution in [2.45, 2.75) is 44.2 Å². The topological polar surface area (TPSA) is 55.8 Å². The molecule has 1 amide bonds. The third kappa shape index (κ3) is 3.69. The van der Waals surface area contributed by atoms with Crippen LogP contribution in [0.5, 0.6) is 5.75 Å². The predicted octanol–water partition coefficient (Wildman–Crippen LogP) is 4.89. The molecule has 0 aromatic heterocycles. The maximum absolute atomic E-state index is 13.6. The van der Waals surface area contributed by atoms with Crippen molar-refractivity contribution < 1.29 is 19.1 Å². The second-order valence-corrected chi connectivity index (χ2v) is 9.14. The van der Waals surface area contributed by atoms with Gasteiger partial charge in [0, 0.05) is 11.6 Å². The van der Waals surface area contributed by atoms with Gasteiger partial charge in [0.1, 0.15) is 11.9 Å². The molecule has 2 aliphatic heterocycles. The van der Waals surface area contributed by atoms with Crippen LogP contribution in [-0.4, -0.2) is 36.3 Å². The van der Waals surface area contributed by atoms with E-state index in [4.69, 9.17) is 21.1 Å². The van der Waals surface area contributed by atoms with Crippen molar-refractivity contribution >= 4 is 23.3 Å². The summed E-state index contributed by atoms with van der Waals surface area (Å²) in [4.78, 5) is 28.8. The van der Waals surface area contributed by atoms with Gasteiger partial charge < -0.3 is 14.4 Å². The summed E-state index contributed by atoms with van der Waals surface area (Å²) < 4.78 is 11.4. The highest BCUT2D eigenvalue weighted by atomic mass is 35.5. The zero-order valence-corrected chi connectivity index (χ0v) is 18.8. The van der Waals surface area contributed by atoms with E-state index < -0.39 is 6.04 Å². The van der Waals surface area contributed by atoms with Crippen molar-refractivity contribution in [2.24, 2.45) is 5.92 Å². The fraction of sp³-hybridized carbons (Fsp3) is 0.385. The van der Waals surface area contributed by atoms with Crippen LogP contribution in [0.25, 0.3) is 0 Å². The van der Waals surface area contributed by atoms with E-state index in [-0.39, 0.29) is 29.5 Å². The highest BCUT2D eigenvalue weighted by Gasteiger charge is 2.51. The first-order valence-corrected chi connectivity index (χ1v) is 11.6. The molecule has 0 saturated heterocycles. The van der Waals surface area contributed by atoms with E-state index in [9.17, 15) is 9.59 Å². The number of nitrogens with zero attached hydrogens (tertiary/aromatic N) is 1. The van der Waals surface area contributed by atoms with E-state index >= 15 is 0 Å². The summed E-state index contributed by atoms with van der Waals surface area (Å²) in [5, 5.41) is 0.582. The van der Waals surface area contributed by atoms with E-state index in [2.05, 4.69) is 0 Å². The number of carbonyl (C=O) groups is 2. The van der Waals surface area contributed by atoms with Crippen molar-refractivity contribution in [1.29, 1.82) is 0 Å². The largest absolute Gasteiger partial charge is 0.497 e. The van der Waals surface area contributed by atoms with Gasteiger partial charge in [0.05, 0.1) is 24.6 Å². The van der Waals surface area contributed by atoms with Crippen LogP contribution in [0.2, 0.25) is 5.02 Å². The van der Waals surface area contributed by atoms with Gasteiger partial charge in [-0.3, -0.25) is 9.59 Å². The molecular formula is C26H26ClNO4. The maximum Gasteiger partial charge on any atom is 0.290 e. The van der Waals surface area contributed by atoms with Crippen LogP contribution in [0.4, 0.5) is 0 Å². The Kier molecular flexibility index (Phi) is 5.68. The first-order valence-electron chi connectivity index (χ1n) is 11.2. The van der Waals surface area contributed by atoms with Crippen LogP contribution < -0.4 is 4.74 Å². The highest BCUT2D eigenvalue weighted by molar-refractivity contribution is 6.30. The van der Waals surface area contributed by atoms with Gasteiger partial charge in [0.2, 0.25) is 0 Å². The summed E-state index contributed by atoms with van der Waals surface area (Å²) in [6, 6.07) is 14.8. The number of fused-ring (bicyclic) bond motifs is 1. The Hall–Kier alpha value is -2.79. The van der Waals surface area contributed by atoms with Crippen LogP contribution in [0.3, 0.4) is 0 Å². The van der Waals surface area contributed by atoms with Crippen molar-refractivity contribution in [2.75, 3.05) is 13.7 Å². The average molecular weight is 452 g/mol. The molecule has 2 aromatic carbocycles. The Labute approximate surface area is 193 Å². The smallest absolute Gasteiger partial charge is 0.290 e. The summed E-state index contributed by atoms with van der Waals surface area (Å²) >= 11 is 6.28. The molecule has 1 saturated carbocycles. The predicted molar refractivity (Wildman–Crippen MR) is 121 cm³/mol.